The number of ether oxygens (including phenoxy) is 2. The second-order valence-electron chi connectivity index (χ2n) is 8.35. The lowest BCUT2D eigenvalue weighted by molar-refractivity contribution is -0.153. The van der Waals surface area contributed by atoms with Crippen LogP contribution < -0.4 is 4.90 Å². The minimum absolute atomic E-state index is 0.0605. The Balaban J connectivity index is 1.50. The molecular weight excluding hydrogens is 354 g/mol. The standard InChI is InChI=1S/C23H23NO4/c1-14(2)12-27-22(26)19-18-10-11-23(28-18)13-24(21(25)20(19)23)17-9-5-7-15-6-3-4-8-16(15)17/h3-11,14,18-20H,12-13H2,1-2H3/t18-,19-,20-,23-/m0/s1. The van der Waals surface area contributed by atoms with Gasteiger partial charge in [-0.25, -0.2) is 0 Å². The molecule has 5 heteroatoms. The fourth-order valence-electron chi connectivity index (χ4n) is 4.76. The van der Waals surface area contributed by atoms with E-state index in [2.05, 4.69) is 0 Å². The van der Waals surface area contributed by atoms with Gasteiger partial charge in [0, 0.05) is 5.39 Å². The zero-order chi connectivity index (χ0) is 19.5. The van der Waals surface area contributed by atoms with Gasteiger partial charge in [-0.15, -0.1) is 0 Å². The van der Waals surface area contributed by atoms with Crippen molar-refractivity contribution in [2.45, 2.75) is 25.6 Å². The van der Waals surface area contributed by atoms with Crippen molar-refractivity contribution in [3.8, 4) is 0 Å². The van der Waals surface area contributed by atoms with Crippen molar-refractivity contribution in [2.24, 2.45) is 17.8 Å². The van der Waals surface area contributed by atoms with Crippen LogP contribution in [-0.2, 0) is 19.1 Å². The highest BCUT2D eigenvalue weighted by atomic mass is 16.6. The van der Waals surface area contributed by atoms with Gasteiger partial charge in [0.15, 0.2) is 0 Å². The number of carbonyl (C=O) groups is 2. The van der Waals surface area contributed by atoms with Crippen LogP contribution in [-0.4, -0.2) is 36.7 Å². The van der Waals surface area contributed by atoms with Crippen LogP contribution in [0, 0.1) is 17.8 Å². The summed E-state index contributed by atoms with van der Waals surface area (Å²) >= 11 is 0. The zero-order valence-corrected chi connectivity index (χ0v) is 16.0. The molecule has 2 aromatic carbocycles. The minimum Gasteiger partial charge on any atom is -0.465 e. The van der Waals surface area contributed by atoms with Gasteiger partial charge >= 0.3 is 5.97 Å². The van der Waals surface area contributed by atoms with E-state index in [0.717, 1.165) is 16.5 Å². The Labute approximate surface area is 163 Å². The maximum atomic E-state index is 13.5. The summed E-state index contributed by atoms with van der Waals surface area (Å²) in [6.07, 6.45) is 3.51. The monoisotopic (exact) mass is 377 g/mol. The number of carbonyl (C=O) groups excluding carboxylic acids is 2. The van der Waals surface area contributed by atoms with E-state index < -0.39 is 17.4 Å². The maximum absolute atomic E-state index is 13.5. The van der Waals surface area contributed by atoms with Gasteiger partial charge in [0.1, 0.15) is 11.5 Å². The van der Waals surface area contributed by atoms with E-state index in [0.29, 0.717) is 13.2 Å². The summed E-state index contributed by atoms with van der Waals surface area (Å²) in [7, 11) is 0. The van der Waals surface area contributed by atoms with Crippen LogP contribution in [0.15, 0.2) is 54.6 Å². The first-order valence-corrected chi connectivity index (χ1v) is 9.83. The van der Waals surface area contributed by atoms with E-state index in [1.807, 2.05) is 68.5 Å². The number of fused-ring (bicyclic) bond motifs is 2. The van der Waals surface area contributed by atoms with Crippen molar-refractivity contribution < 1.29 is 19.1 Å². The Morgan fingerprint density at radius 1 is 1.25 bits per heavy atom. The highest BCUT2D eigenvalue weighted by Crippen LogP contribution is 2.53. The molecular formula is C23H23NO4. The predicted octanol–water partition coefficient (Wildman–Crippen LogP) is 3.33. The van der Waals surface area contributed by atoms with Crippen molar-refractivity contribution >= 4 is 28.3 Å². The van der Waals surface area contributed by atoms with Crippen molar-refractivity contribution in [1.29, 1.82) is 0 Å². The molecule has 5 nitrogen and oxygen atoms in total. The lowest BCUT2D eigenvalue weighted by Gasteiger charge is -2.23. The Morgan fingerprint density at radius 3 is 2.86 bits per heavy atom. The highest BCUT2D eigenvalue weighted by Gasteiger charge is 2.67. The summed E-state index contributed by atoms with van der Waals surface area (Å²) in [5.41, 5.74) is 0.127. The second-order valence-corrected chi connectivity index (χ2v) is 8.35. The summed E-state index contributed by atoms with van der Waals surface area (Å²) in [4.78, 5) is 28.0. The molecule has 2 bridgehead atoms. The maximum Gasteiger partial charge on any atom is 0.312 e. The Morgan fingerprint density at radius 2 is 2.04 bits per heavy atom. The van der Waals surface area contributed by atoms with Crippen molar-refractivity contribution in [2.75, 3.05) is 18.1 Å². The zero-order valence-electron chi connectivity index (χ0n) is 16.0. The second kappa shape index (κ2) is 6.17. The minimum atomic E-state index is -0.736. The van der Waals surface area contributed by atoms with Gasteiger partial charge in [0.25, 0.3) is 0 Å². The number of esters is 1. The lowest BCUT2D eigenvalue weighted by atomic mass is 9.77. The molecule has 0 saturated carbocycles. The van der Waals surface area contributed by atoms with Gasteiger partial charge in [-0.05, 0) is 17.4 Å². The van der Waals surface area contributed by atoms with E-state index in [1.165, 1.54) is 0 Å². The first kappa shape index (κ1) is 17.4. The first-order valence-electron chi connectivity index (χ1n) is 9.83. The normalized spacial score (nSPS) is 30.5. The molecule has 0 unspecified atom stereocenters. The number of rotatable bonds is 4. The third-order valence-corrected chi connectivity index (χ3v) is 5.99. The molecule has 5 rings (SSSR count). The third-order valence-electron chi connectivity index (χ3n) is 5.99. The molecule has 2 aromatic rings. The van der Waals surface area contributed by atoms with Gasteiger partial charge in [-0.3, -0.25) is 9.59 Å². The molecule has 4 atom stereocenters. The summed E-state index contributed by atoms with van der Waals surface area (Å²) in [6.45, 7) is 4.77. The van der Waals surface area contributed by atoms with Gasteiger partial charge in [-0.2, -0.15) is 0 Å². The summed E-state index contributed by atoms with van der Waals surface area (Å²) in [5.74, 6) is -1.24. The Kier molecular flexibility index (Phi) is 3.85. The average Bonchev–Trinajstić information content (AvgIpc) is 3.34. The molecule has 0 radical (unpaired) electrons. The van der Waals surface area contributed by atoms with Gasteiger partial charge in [0.2, 0.25) is 5.91 Å². The van der Waals surface area contributed by atoms with Crippen LogP contribution in [0.25, 0.3) is 10.8 Å². The molecule has 0 aliphatic carbocycles. The Hall–Kier alpha value is -2.66. The highest BCUT2D eigenvalue weighted by molar-refractivity contribution is 6.08. The van der Waals surface area contributed by atoms with E-state index >= 15 is 0 Å². The molecule has 1 amide bonds. The van der Waals surface area contributed by atoms with Crippen LogP contribution in [0.4, 0.5) is 5.69 Å². The molecule has 0 N–H and O–H groups in total. The molecule has 1 spiro atoms. The molecule has 28 heavy (non-hydrogen) atoms. The molecule has 3 heterocycles. The molecule has 3 aliphatic rings. The van der Waals surface area contributed by atoms with Gasteiger partial charge in [-0.1, -0.05) is 62.4 Å². The van der Waals surface area contributed by atoms with Gasteiger partial charge in [0.05, 0.1) is 30.9 Å². The van der Waals surface area contributed by atoms with Crippen LogP contribution >= 0.6 is 0 Å². The van der Waals surface area contributed by atoms with Crippen molar-refractivity contribution in [3.05, 3.63) is 54.6 Å². The van der Waals surface area contributed by atoms with E-state index in [9.17, 15) is 9.59 Å². The molecule has 144 valence electrons. The van der Waals surface area contributed by atoms with E-state index in [-0.39, 0.29) is 23.9 Å². The van der Waals surface area contributed by atoms with Crippen LogP contribution in [0.5, 0.6) is 0 Å². The van der Waals surface area contributed by atoms with Gasteiger partial charge < -0.3 is 14.4 Å². The van der Waals surface area contributed by atoms with Crippen LogP contribution in [0.2, 0.25) is 0 Å². The lowest BCUT2D eigenvalue weighted by Crippen LogP contribution is -2.40. The molecule has 2 saturated heterocycles. The fraction of sp³-hybridized carbons (Fsp3) is 0.391. The van der Waals surface area contributed by atoms with Crippen molar-refractivity contribution in [3.63, 3.8) is 0 Å². The van der Waals surface area contributed by atoms with E-state index in [1.54, 1.807) is 4.90 Å². The van der Waals surface area contributed by atoms with Crippen LogP contribution in [0.1, 0.15) is 13.8 Å². The largest absolute Gasteiger partial charge is 0.465 e. The summed E-state index contributed by atoms with van der Waals surface area (Å²) in [5, 5.41) is 2.10. The smallest absolute Gasteiger partial charge is 0.312 e. The average molecular weight is 377 g/mol. The van der Waals surface area contributed by atoms with Crippen LogP contribution in [0.3, 0.4) is 0 Å². The quantitative estimate of drug-likeness (QED) is 0.606. The first-order chi connectivity index (χ1) is 13.5. The molecule has 0 aromatic heterocycles. The summed E-state index contributed by atoms with van der Waals surface area (Å²) in [6, 6.07) is 14.0. The number of nitrogens with zero attached hydrogens (tertiary/aromatic N) is 1. The number of hydrogen-bond donors (Lipinski definition) is 0. The van der Waals surface area contributed by atoms with Crippen molar-refractivity contribution in [1.82, 2.24) is 0 Å². The van der Waals surface area contributed by atoms with E-state index in [4.69, 9.17) is 9.47 Å². The number of anilines is 1. The topological polar surface area (TPSA) is 55.8 Å². The molecule has 3 aliphatic heterocycles. The number of hydrogen-bond acceptors (Lipinski definition) is 4. The third kappa shape index (κ3) is 2.42. The number of amides is 1. The summed E-state index contributed by atoms with van der Waals surface area (Å²) < 4.78 is 11.7. The SMILES string of the molecule is CC(C)COC(=O)[C@H]1[C@@H]2C=C[C@@]3(CN(c4cccc5ccccc45)C(=O)[C@H]13)O2. The predicted molar refractivity (Wildman–Crippen MR) is 106 cm³/mol. The Bertz CT molecular complexity index is 992. The fourth-order valence-corrected chi connectivity index (χ4v) is 4.76. The number of benzene rings is 2. The molecule has 2 fully saturated rings.